The minimum absolute atomic E-state index is 0.162. The highest BCUT2D eigenvalue weighted by atomic mass is 35.5. The molecule has 20 heavy (non-hydrogen) atoms. The fraction of sp³-hybridized carbons (Fsp3) is 0.562. The molecule has 1 aromatic rings. The normalized spacial score (nSPS) is 22.6. The van der Waals surface area contributed by atoms with E-state index < -0.39 is 0 Å². The number of carbonyl (C=O) groups is 1. The molecule has 1 N–H and O–H groups in total. The van der Waals surface area contributed by atoms with Gasteiger partial charge < -0.3 is 10.2 Å². The first-order valence-corrected chi connectivity index (χ1v) is 7.89. The van der Waals surface area contributed by atoms with Gasteiger partial charge in [-0.15, -0.1) is 0 Å². The van der Waals surface area contributed by atoms with Crippen LogP contribution in [0, 0.1) is 5.92 Å². The zero-order chi connectivity index (χ0) is 13.9. The van der Waals surface area contributed by atoms with Crippen LogP contribution < -0.4 is 5.32 Å². The quantitative estimate of drug-likeness (QED) is 0.925. The molecule has 108 valence electrons. The lowest BCUT2D eigenvalue weighted by Crippen LogP contribution is -2.42. The Hall–Kier alpha value is -1.06. The van der Waals surface area contributed by atoms with E-state index in [0.29, 0.717) is 17.0 Å². The first-order valence-electron chi connectivity index (χ1n) is 7.51. The molecule has 3 nitrogen and oxygen atoms in total. The lowest BCUT2D eigenvalue weighted by Gasteiger charge is -2.30. The van der Waals surface area contributed by atoms with Crippen molar-refractivity contribution in [1.82, 2.24) is 10.2 Å². The molecule has 3 rings (SSSR count). The second-order valence-corrected chi connectivity index (χ2v) is 6.34. The summed E-state index contributed by atoms with van der Waals surface area (Å²) in [4.78, 5) is 14.8. The number of nitrogens with one attached hydrogen (secondary N) is 1. The van der Waals surface area contributed by atoms with Crippen molar-refractivity contribution in [3.8, 4) is 0 Å². The lowest BCUT2D eigenvalue weighted by atomic mass is 9.98. The summed E-state index contributed by atoms with van der Waals surface area (Å²) >= 11 is 5.89. The SMILES string of the molecule is O=C(c1ccc(Cl)cc1)N(CC1CCCNC1)C1CC1. The van der Waals surface area contributed by atoms with Gasteiger partial charge in [-0.2, -0.15) is 0 Å². The second-order valence-electron chi connectivity index (χ2n) is 5.91. The summed E-state index contributed by atoms with van der Waals surface area (Å²) in [7, 11) is 0. The molecule has 1 saturated carbocycles. The van der Waals surface area contributed by atoms with Gasteiger partial charge in [0.2, 0.25) is 0 Å². The zero-order valence-electron chi connectivity index (χ0n) is 11.6. The smallest absolute Gasteiger partial charge is 0.254 e. The molecular formula is C16H21ClN2O. The number of hydrogen-bond donors (Lipinski definition) is 1. The summed E-state index contributed by atoms with van der Waals surface area (Å²) in [5.74, 6) is 0.760. The van der Waals surface area contributed by atoms with Gasteiger partial charge >= 0.3 is 0 Å². The topological polar surface area (TPSA) is 32.3 Å². The van der Waals surface area contributed by atoms with Gasteiger partial charge in [0.05, 0.1) is 0 Å². The average Bonchev–Trinajstić information content (AvgIpc) is 3.30. The van der Waals surface area contributed by atoms with Gasteiger partial charge in [-0.05, 0) is 69.0 Å². The molecule has 1 saturated heterocycles. The maximum absolute atomic E-state index is 12.7. The molecule has 2 fully saturated rings. The third kappa shape index (κ3) is 3.33. The third-order valence-corrected chi connectivity index (χ3v) is 4.45. The fourth-order valence-corrected chi connectivity index (χ4v) is 3.03. The van der Waals surface area contributed by atoms with Gasteiger partial charge in [0.1, 0.15) is 0 Å². The van der Waals surface area contributed by atoms with Crippen LogP contribution in [0.15, 0.2) is 24.3 Å². The van der Waals surface area contributed by atoms with E-state index in [1.54, 1.807) is 12.1 Å². The van der Waals surface area contributed by atoms with E-state index in [0.717, 1.165) is 38.0 Å². The van der Waals surface area contributed by atoms with Crippen LogP contribution in [0.2, 0.25) is 5.02 Å². The van der Waals surface area contributed by atoms with Crippen LogP contribution in [0.3, 0.4) is 0 Å². The number of carbonyl (C=O) groups excluding carboxylic acids is 1. The van der Waals surface area contributed by atoms with E-state index in [9.17, 15) is 4.79 Å². The molecule has 0 bridgehead atoms. The molecule has 1 aliphatic carbocycles. The van der Waals surface area contributed by atoms with Gasteiger partial charge in [0, 0.05) is 23.2 Å². The number of piperidine rings is 1. The zero-order valence-corrected chi connectivity index (χ0v) is 12.4. The summed E-state index contributed by atoms with van der Waals surface area (Å²) in [5.41, 5.74) is 0.755. The minimum atomic E-state index is 0.162. The molecule has 1 unspecified atom stereocenters. The molecule has 1 aromatic carbocycles. The lowest BCUT2D eigenvalue weighted by molar-refractivity contribution is 0.0704. The van der Waals surface area contributed by atoms with Gasteiger partial charge in [0.15, 0.2) is 0 Å². The molecule has 0 aromatic heterocycles. The Morgan fingerprint density at radius 1 is 1.25 bits per heavy atom. The first kappa shape index (κ1) is 13.9. The summed E-state index contributed by atoms with van der Waals surface area (Å²) in [5, 5.41) is 4.11. The van der Waals surface area contributed by atoms with E-state index in [4.69, 9.17) is 11.6 Å². The minimum Gasteiger partial charge on any atom is -0.335 e. The molecule has 2 aliphatic rings. The standard InChI is InChI=1S/C16H21ClN2O/c17-14-5-3-13(4-6-14)16(20)19(15-7-8-15)11-12-2-1-9-18-10-12/h3-6,12,15,18H,1-2,7-11H2. The summed E-state index contributed by atoms with van der Waals surface area (Å²) in [6.07, 6.45) is 4.75. The van der Waals surface area contributed by atoms with Crippen molar-refractivity contribution in [2.45, 2.75) is 31.7 Å². The van der Waals surface area contributed by atoms with E-state index in [1.807, 2.05) is 12.1 Å². The Morgan fingerprint density at radius 2 is 2.00 bits per heavy atom. The predicted octanol–water partition coefficient (Wildman–Crippen LogP) is 2.94. The third-order valence-electron chi connectivity index (χ3n) is 4.19. The number of amides is 1. The van der Waals surface area contributed by atoms with Crippen molar-refractivity contribution >= 4 is 17.5 Å². The predicted molar refractivity (Wildman–Crippen MR) is 81.1 cm³/mol. The van der Waals surface area contributed by atoms with Crippen molar-refractivity contribution < 1.29 is 4.79 Å². The van der Waals surface area contributed by atoms with Crippen LogP contribution in [-0.4, -0.2) is 36.5 Å². The average molecular weight is 293 g/mol. The van der Waals surface area contributed by atoms with Gasteiger partial charge in [-0.25, -0.2) is 0 Å². The van der Waals surface area contributed by atoms with E-state index >= 15 is 0 Å². The highest BCUT2D eigenvalue weighted by Gasteiger charge is 2.34. The molecular weight excluding hydrogens is 272 g/mol. The number of hydrogen-bond acceptors (Lipinski definition) is 2. The highest BCUT2D eigenvalue weighted by molar-refractivity contribution is 6.30. The van der Waals surface area contributed by atoms with Crippen molar-refractivity contribution in [2.75, 3.05) is 19.6 Å². The van der Waals surface area contributed by atoms with Crippen molar-refractivity contribution in [3.05, 3.63) is 34.9 Å². The maximum Gasteiger partial charge on any atom is 0.254 e. The number of rotatable bonds is 4. The summed E-state index contributed by atoms with van der Waals surface area (Å²) in [6.45, 7) is 3.04. The summed E-state index contributed by atoms with van der Waals surface area (Å²) in [6, 6.07) is 7.71. The number of halogens is 1. The van der Waals surface area contributed by atoms with Crippen LogP contribution in [0.5, 0.6) is 0 Å². The van der Waals surface area contributed by atoms with Crippen LogP contribution in [0.25, 0.3) is 0 Å². The molecule has 1 heterocycles. The van der Waals surface area contributed by atoms with E-state index in [-0.39, 0.29) is 5.91 Å². The van der Waals surface area contributed by atoms with Crippen LogP contribution in [-0.2, 0) is 0 Å². The van der Waals surface area contributed by atoms with Crippen LogP contribution >= 0.6 is 11.6 Å². The molecule has 0 radical (unpaired) electrons. The Morgan fingerprint density at radius 3 is 2.60 bits per heavy atom. The Bertz CT molecular complexity index is 464. The molecule has 4 heteroatoms. The van der Waals surface area contributed by atoms with Gasteiger partial charge in [-0.3, -0.25) is 4.79 Å². The Kier molecular flexibility index (Phi) is 4.27. The van der Waals surface area contributed by atoms with Crippen LogP contribution in [0.1, 0.15) is 36.0 Å². The largest absolute Gasteiger partial charge is 0.335 e. The van der Waals surface area contributed by atoms with Crippen molar-refractivity contribution in [2.24, 2.45) is 5.92 Å². The Balaban J connectivity index is 1.69. The molecule has 1 amide bonds. The second kappa shape index (κ2) is 6.15. The van der Waals surface area contributed by atoms with Gasteiger partial charge in [-0.1, -0.05) is 11.6 Å². The van der Waals surface area contributed by atoms with Gasteiger partial charge in [0.25, 0.3) is 5.91 Å². The molecule has 1 atom stereocenters. The van der Waals surface area contributed by atoms with E-state index in [1.165, 1.54) is 12.8 Å². The number of benzene rings is 1. The van der Waals surface area contributed by atoms with Crippen molar-refractivity contribution in [3.63, 3.8) is 0 Å². The fourth-order valence-electron chi connectivity index (χ4n) is 2.90. The Labute approximate surface area is 125 Å². The van der Waals surface area contributed by atoms with Crippen LogP contribution in [0.4, 0.5) is 0 Å². The highest BCUT2D eigenvalue weighted by Crippen LogP contribution is 2.30. The molecule has 1 aliphatic heterocycles. The molecule has 0 spiro atoms. The monoisotopic (exact) mass is 292 g/mol. The first-order chi connectivity index (χ1) is 9.74. The summed E-state index contributed by atoms with van der Waals surface area (Å²) < 4.78 is 0. The number of nitrogens with zero attached hydrogens (tertiary/aromatic N) is 1. The van der Waals surface area contributed by atoms with Crippen molar-refractivity contribution in [1.29, 1.82) is 0 Å². The maximum atomic E-state index is 12.7. The van der Waals surface area contributed by atoms with E-state index in [2.05, 4.69) is 10.2 Å².